The van der Waals surface area contributed by atoms with E-state index in [-0.39, 0.29) is 11.9 Å². The summed E-state index contributed by atoms with van der Waals surface area (Å²) in [7, 11) is -3.08. The van der Waals surface area contributed by atoms with Gasteiger partial charge in [0.2, 0.25) is 10.0 Å². The SMILES string of the molecule is CS(=O)(=O)N1CCC(NCc2cncc(F)c2)CC1. The van der Waals surface area contributed by atoms with Crippen molar-refractivity contribution < 1.29 is 12.8 Å². The molecular weight excluding hydrogens is 269 g/mol. The fourth-order valence-corrected chi connectivity index (χ4v) is 3.08. The molecule has 2 heterocycles. The van der Waals surface area contributed by atoms with Gasteiger partial charge < -0.3 is 5.32 Å². The molecule has 0 saturated carbocycles. The van der Waals surface area contributed by atoms with Crippen LogP contribution in [0.5, 0.6) is 0 Å². The highest BCUT2D eigenvalue weighted by Gasteiger charge is 2.24. The summed E-state index contributed by atoms with van der Waals surface area (Å²) >= 11 is 0. The van der Waals surface area contributed by atoms with Crippen LogP contribution in [0.25, 0.3) is 0 Å². The molecule has 5 nitrogen and oxygen atoms in total. The van der Waals surface area contributed by atoms with Gasteiger partial charge >= 0.3 is 0 Å². The number of nitrogens with zero attached hydrogens (tertiary/aromatic N) is 2. The maximum atomic E-state index is 13.0. The van der Waals surface area contributed by atoms with Crippen molar-refractivity contribution in [3.8, 4) is 0 Å². The summed E-state index contributed by atoms with van der Waals surface area (Å²) in [6, 6.07) is 1.72. The first-order valence-electron chi connectivity index (χ1n) is 6.23. The molecule has 1 aliphatic rings. The third kappa shape index (κ3) is 4.22. The third-order valence-corrected chi connectivity index (χ3v) is 4.58. The van der Waals surface area contributed by atoms with Crippen LogP contribution in [0.3, 0.4) is 0 Å². The minimum absolute atomic E-state index is 0.265. The average molecular weight is 287 g/mol. The van der Waals surface area contributed by atoms with Crippen LogP contribution in [-0.2, 0) is 16.6 Å². The molecule has 0 atom stereocenters. The van der Waals surface area contributed by atoms with Gasteiger partial charge in [0.05, 0.1) is 12.5 Å². The first kappa shape index (κ1) is 14.4. The van der Waals surface area contributed by atoms with E-state index in [9.17, 15) is 12.8 Å². The Morgan fingerprint density at radius 1 is 1.42 bits per heavy atom. The molecular formula is C12H18FN3O2S. The highest BCUT2D eigenvalue weighted by molar-refractivity contribution is 7.88. The number of rotatable bonds is 4. The van der Waals surface area contributed by atoms with E-state index in [4.69, 9.17) is 0 Å². The Balaban J connectivity index is 1.80. The van der Waals surface area contributed by atoms with Crippen LogP contribution in [0, 0.1) is 5.82 Å². The molecule has 0 spiro atoms. The van der Waals surface area contributed by atoms with Gasteiger partial charge in [0.1, 0.15) is 5.82 Å². The Morgan fingerprint density at radius 3 is 2.68 bits per heavy atom. The number of pyridine rings is 1. The lowest BCUT2D eigenvalue weighted by molar-refractivity contribution is 0.290. The molecule has 0 aliphatic carbocycles. The van der Waals surface area contributed by atoms with Crippen molar-refractivity contribution in [1.29, 1.82) is 0 Å². The van der Waals surface area contributed by atoms with Gasteiger partial charge in [-0.25, -0.2) is 17.1 Å². The monoisotopic (exact) mass is 287 g/mol. The van der Waals surface area contributed by atoms with Crippen LogP contribution >= 0.6 is 0 Å². The van der Waals surface area contributed by atoms with Crippen LogP contribution in [0.15, 0.2) is 18.5 Å². The summed E-state index contributed by atoms with van der Waals surface area (Å²) in [4.78, 5) is 3.79. The van der Waals surface area contributed by atoms with Gasteiger partial charge in [0, 0.05) is 31.9 Å². The molecule has 1 aromatic heterocycles. The standard InChI is InChI=1S/C12H18FN3O2S/c1-19(17,18)16-4-2-12(3-5-16)15-8-10-6-11(13)9-14-7-10/h6-7,9,12,15H,2-5,8H2,1H3. The summed E-state index contributed by atoms with van der Waals surface area (Å²) in [5.41, 5.74) is 0.797. The van der Waals surface area contributed by atoms with Crippen LogP contribution in [0.4, 0.5) is 4.39 Å². The van der Waals surface area contributed by atoms with Crippen LogP contribution < -0.4 is 5.32 Å². The Kier molecular flexibility index (Phi) is 4.49. The van der Waals surface area contributed by atoms with E-state index in [1.807, 2.05) is 0 Å². The maximum Gasteiger partial charge on any atom is 0.211 e. The second-order valence-electron chi connectivity index (χ2n) is 4.83. The number of halogens is 1. The normalized spacial score (nSPS) is 18.6. The van der Waals surface area contributed by atoms with E-state index < -0.39 is 10.0 Å². The lowest BCUT2D eigenvalue weighted by Crippen LogP contribution is -2.44. The van der Waals surface area contributed by atoms with Crippen molar-refractivity contribution in [3.63, 3.8) is 0 Å². The van der Waals surface area contributed by atoms with Crippen molar-refractivity contribution in [1.82, 2.24) is 14.6 Å². The molecule has 0 amide bonds. The first-order valence-corrected chi connectivity index (χ1v) is 8.08. The van der Waals surface area contributed by atoms with Gasteiger partial charge in [-0.3, -0.25) is 4.98 Å². The van der Waals surface area contributed by atoms with Crippen molar-refractivity contribution in [2.75, 3.05) is 19.3 Å². The van der Waals surface area contributed by atoms with Crippen molar-refractivity contribution in [2.45, 2.75) is 25.4 Å². The molecule has 1 aliphatic heterocycles. The molecule has 1 saturated heterocycles. The molecule has 7 heteroatoms. The number of nitrogens with one attached hydrogen (secondary N) is 1. The summed E-state index contributed by atoms with van der Waals surface area (Å²) in [5, 5.41) is 3.31. The van der Waals surface area contributed by atoms with Gasteiger partial charge in [-0.2, -0.15) is 0 Å². The quantitative estimate of drug-likeness (QED) is 0.887. The zero-order valence-corrected chi connectivity index (χ0v) is 11.7. The van der Waals surface area contributed by atoms with Gasteiger partial charge in [0.15, 0.2) is 0 Å². The summed E-state index contributed by atoms with van der Waals surface area (Å²) in [5.74, 6) is -0.341. The predicted molar refractivity (Wildman–Crippen MR) is 70.5 cm³/mol. The maximum absolute atomic E-state index is 13.0. The fourth-order valence-electron chi connectivity index (χ4n) is 2.21. The molecule has 19 heavy (non-hydrogen) atoms. The Morgan fingerprint density at radius 2 is 2.11 bits per heavy atom. The average Bonchev–Trinajstić information content (AvgIpc) is 2.36. The number of sulfonamides is 1. The number of piperidine rings is 1. The second kappa shape index (κ2) is 5.94. The number of hydrogen-bond donors (Lipinski definition) is 1. The Hall–Kier alpha value is -1.05. The number of aromatic nitrogens is 1. The zero-order chi connectivity index (χ0) is 13.9. The third-order valence-electron chi connectivity index (χ3n) is 3.28. The zero-order valence-electron chi connectivity index (χ0n) is 10.8. The minimum Gasteiger partial charge on any atom is -0.310 e. The van der Waals surface area contributed by atoms with E-state index in [1.165, 1.54) is 22.8 Å². The van der Waals surface area contributed by atoms with E-state index >= 15 is 0 Å². The van der Waals surface area contributed by atoms with E-state index in [1.54, 1.807) is 6.20 Å². The van der Waals surface area contributed by atoms with E-state index in [2.05, 4.69) is 10.3 Å². The molecule has 1 fully saturated rings. The summed E-state index contributed by atoms with van der Waals surface area (Å²) in [6.45, 7) is 1.63. The van der Waals surface area contributed by atoms with Crippen molar-refractivity contribution >= 4 is 10.0 Å². The molecule has 0 aromatic carbocycles. The van der Waals surface area contributed by atoms with Crippen LogP contribution in [-0.4, -0.2) is 43.1 Å². The lowest BCUT2D eigenvalue weighted by atomic mass is 10.1. The van der Waals surface area contributed by atoms with Crippen LogP contribution in [0.1, 0.15) is 18.4 Å². The number of hydrogen-bond acceptors (Lipinski definition) is 4. The van der Waals surface area contributed by atoms with Crippen molar-refractivity contribution in [3.05, 3.63) is 29.8 Å². The highest BCUT2D eigenvalue weighted by atomic mass is 32.2. The van der Waals surface area contributed by atoms with Gasteiger partial charge in [-0.05, 0) is 24.5 Å². The predicted octanol–water partition coefficient (Wildman–Crippen LogP) is 0.734. The molecule has 1 N–H and O–H groups in total. The molecule has 0 unspecified atom stereocenters. The van der Waals surface area contributed by atoms with E-state index in [0.717, 1.165) is 18.4 Å². The smallest absolute Gasteiger partial charge is 0.211 e. The second-order valence-corrected chi connectivity index (χ2v) is 6.81. The Bertz CT molecular complexity index is 528. The van der Waals surface area contributed by atoms with Crippen molar-refractivity contribution in [2.24, 2.45) is 0 Å². The molecule has 2 rings (SSSR count). The van der Waals surface area contributed by atoms with Gasteiger partial charge in [0.25, 0.3) is 0 Å². The molecule has 0 radical (unpaired) electrons. The molecule has 1 aromatic rings. The molecule has 106 valence electrons. The Labute approximate surface area is 112 Å². The van der Waals surface area contributed by atoms with Gasteiger partial charge in [-0.1, -0.05) is 0 Å². The van der Waals surface area contributed by atoms with Crippen LogP contribution in [0.2, 0.25) is 0 Å². The first-order chi connectivity index (χ1) is 8.95. The fraction of sp³-hybridized carbons (Fsp3) is 0.583. The highest BCUT2D eigenvalue weighted by Crippen LogP contribution is 2.13. The lowest BCUT2D eigenvalue weighted by Gasteiger charge is -2.30. The van der Waals surface area contributed by atoms with Gasteiger partial charge in [-0.15, -0.1) is 0 Å². The topological polar surface area (TPSA) is 62.3 Å². The summed E-state index contributed by atoms with van der Waals surface area (Å²) < 4.78 is 37.2. The molecule has 0 bridgehead atoms. The largest absolute Gasteiger partial charge is 0.310 e. The van der Waals surface area contributed by atoms with E-state index in [0.29, 0.717) is 19.6 Å². The summed E-state index contributed by atoms with van der Waals surface area (Å²) in [6.07, 6.45) is 5.58. The minimum atomic E-state index is -3.08.